The van der Waals surface area contributed by atoms with Gasteiger partial charge in [0.05, 0.1) is 12.1 Å². The van der Waals surface area contributed by atoms with Gasteiger partial charge in [-0.15, -0.1) is 0 Å². The summed E-state index contributed by atoms with van der Waals surface area (Å²) in [7, 11) is 1.75. The summed E-state index contributed by atoms with van der Waals surface area (Å²) in [5.74, 6) is 0.184. The van der Waals surface area contributed by atoms with Crippen molar-refractivity contribution in [1.29, 1.82) is 0 Å². The van der Waals surface area contributed by atoms with Crippen molar-refractivity contribution in [2.45, 2.75) is 32.9 Å². The molecule has 0 aliphatic carbocycles. The number of hydrogen-bond donors (Lipinski definition) is 1. The third kappa shape index (κ3) is 3.82. The standard InChI is InChI=1S/C20H22N2O3/c1-13-8-9-15(14(2)10-13)12-22(3)19(23)11-18-20(24)21-16-6-4-5-7-17(16)25-18/h4-10,18H,11-12H2,1-3H3,(H,21,24)/t18-/m1/s1. The van der Waals surface area contributed by atoms with E-state index in [0.717, 1.165) is 11.1 Å². The SMILES string of the molecule is Cc1ccc(CN(C)C(=O)C[C@H]2Oc3ccccc3NC2=O)c(C)c1. The first kappa shape index (κ1) is 17.0. The average Bonchev–Trinajstić information content (AvgIpc) is 2.58. The van der Waals surface area contributed by atoms with Gasteiger partial charge in [0.25, 0.3) is 5.91 Å². The van der Waals surface area contributed by atoms with E-state index in [2.05, 4.69) is 11.4 Å². The minimum atomic E-state index is -0.802. The second-order valence-electron chi connectivity index (χ2n) is 6.48. The smallest absolute Gasteiger partial charge is 0.266 e. The molecule has 0 fully saturated rings. The Bertz CT molecular complexity index is 816. The third-order valence-electron chi connectivity index (χ3n) is 4.40. The van der Waals surface area contributed by atoms with Crippen molar-refractivity contribution < 1.29 is 14.3 Å². The number of rotatable bonds is 4. The number of amides is 2. The van der Waals surface area contributed by atoms with Gasteiger partial charge in [0.1, 0.15) is 5.75 Å². The molecule has 1 aliphatic rings. The van der Waals surface area contributed by atoms with Crippen LogP contribution in [0.5, 0.6) is 5.75 Å². The maximum absolute atomic E-state index is 12.5. The minimum absolute atomic E-state index is 0.0155. The number of fused-ring (bicyclic) bond motifs is 1. The number of benzene rings is 2. The van der Waals surface area contributed by atoms with Gasteiger partial charge in [0.15, 0.2) is 6.10 Å². The number of para-hydroxylation sites is 2. The van der Waals surface area contributed by atoms with Crippen LogP contribution in [0.3, 0.4) is 0 Å². The topological polar surface area (TPSA) is 58.6 Å². The molecule has 0 aromatic heterocycles. The number of hydrogen-bond acceptors (Lipinski definition) is 3. The van der Waals surface area contributed by atoms with Crippen molar-refractivity contribution in [3.63, 3.8) is 0 Å². The van der Waals surface area contributed by atoms with Gasteiger partial charge in [-0.1, -0.05) is 35.9 Å². The maximum Gasteiger partial charge on any atom is 0.266 e. The molecule has 1 atom stereocenters. The van der Waals surface area contributed by atoms with Crippen LogP contribution in [0.2, 0.25) is 0 Å². The monoisotopic (exact) mass is 338 g/mol. The van der Waals surface area contributed by atoms with Gasteiger partial charge < -0.3 is 15.0 Å². The van der Waals surface area contributed by atoms with Gasteiger partial charge >= 0.3 is 0 Å². The number of nitrogens with one attached hydrogen (secondary N) is 1. The second-order valence-corrected chi connectivity index (χ2v) is 6.48. The average molecular weight is 338 g/mol. The molecule has 2 aromatic rings. The zero-order valence-corrected chi connectivity index (χ0v) is 14.7. The number of carbonyl (C=O) groups is 2. The Hall–Kier alpha value is -2.82. The molecule has 0 spiro atoms. The van der Waals surface area contributed by atoms with Crippen molar-refractivity contribution in [3.8, 4) is 5.75 Å². The molecule has 0 saturated heterocycles. The van der Waals surface area contributed by atoms with E-state index < -0.39 is 6.10 Å². The molecule has 0 radical (unpaired) electrons. The van der Waals surface area contributed by atoms with Crippen LogP contribution in [0.4, 0.5) is 5.69 Å². The molecule has 2 aromatic carbocycles. The quantitative estimate of drug-likeness (QED) is 0.932. The molecule has 1 heterocycles. The largest absolute Gasteiger partial charge is 0.478 e. The highest BCUT2D eigenvalue weighted by atomic mass is 16.5. The van der Waals surface area contributed by atoms with E-state index in [1.807, 2.05) is 38.1 Å². The zero-order chi connectivity index (χ0) is 18.0. The van der Waals surface area contributed by atoms with E-state index in [9.17, 15) is 9.59 Å². The van der Waals surface area contributed by atoms with Crippen LogP contribution >= 0.6 is 0 Å². The fraction of sp³-hybridized carbons (Fsp3) is 0.300. The van der Waals surface area contributed by atoms with Gasteiger partial charge in [-0.2, -0.15) is 0 Å². The lowest BCUT2D eigenvalue weighted by Crippen LogP contribution is -2.41. The molecule has 5 heteroatoms. The first-order valence-electron chi connectivity index (χ1n) is 8.30. The van der Waals surface area contributed by atoms with Crippen LogP contribution in [-0.2, 0) is 16.1 Å². The molecule has 1 N–H and O–H groups in total. The molecule has 25 heavy (non-hydrogen) atoms. The highest BCUT2D eigenvalue weighted by molar-refractivity contribution is 5.99. The summed E-state index contributed by atoms with van der Waals surface area (Å²) in [5.41, 5.74) is 4.09. The predicted molar refractivity (Wildman–Crippen MR) is 96.5 cm³/mol. The van der Waals surface area contributed by atoms with Gasteiger partial charge in [-0.3, -0.25) is 9.59 Å². The minimum Gasteiger partial charge on any atom is -0.478 e. The van der Waals surface area contributed by atoms with Crippen LogP contribution in [-0.4, -0.2) is 29.9 Å². The van der Waals surface area contributed by atoms with Crippen LogP contribution in [0.15, 0.2) is 42.5 Å². The maximum atomic E-state index is 12.5. The molecule has 0 unspecified atom stereocenters. The van der Waals surface area contributed by atoms with Crippen LogP contribution in [0, 0.1) is 13.8 Å². The Morgan fingerprint density at radius 1 is 1.20 bits per heavy atom. The molecule has 0 bridgehead atoms. The van der Waals surface area contributed by atoms with Crippen molar-refractivity contribution in [2.75, 3.05) is 12.4 Å². The summed E-state index contributed by atoms with van der Waals surface area (Å²) in [6.45, 7) is 4.59. The lowest BCUT2D eigenvalue weighted by atomic mass is 10.1. The molecule has 130 valence electrons. The molecule has 0 saturated carbocycles. The molecular weight excluding hydrogens is 316 g/mol. The van der Waals surface area contributed by atoms with Crippen LogP contribution in [0.25, 0.3) is 0 Å². The summed E-state index contributed by atoms with van der Waals surface area (Å²) in [6.07, 6.45) is -0.786. The molecule has 1 aliphatic heterocycles. The highest BCUT2D eigenvalue weighted by Gasteiger charge is 2.30. The number of aryl methyl sites for hydroxylation is 2. The van der Waals surface area contributed by atoms with E-state index in [4.69, 9.17) is 4.74 Å². The van der Waals surface area contributed by atoms with Crippen LogP contribution < -0.4 is 10.1 Å². The lowest BCUT2D eigenvalue weighted by Gasteiger charge is -2.27. The van der Waals surface area contributed by atoms with Gasteiger partial charge in [-0.05, 0) is 37.1 Å². The predicted octanol–water partition coefficient (Wildman–Crippen LogP) is 3.05. The molecule has 2 amide bonds. The summed E-state index contributed by atoms with van der Waals surface area (Å²) in [4.78, 5) is 26.3. The van der Waals surface area contributed by atoms with Crippen molar-refractivity contribution in [1.82, 2.24) is 4.90 Å². The first-order valence-corrected chi connectivity index (χ1v) is 8.30. The number of anilines is 1. The fourth-order valence-electron chi connectivity index (χ4n) is 2.91. The Labute approximate surface area is 147 Å². The molecule has 3 rings (SSSR count). The fourth-order valence-corrected chi connectivity index (χ4v) is 2.91. The lowest BCUT2D eigenvalue weighted by molar-refractivity contribution is -0.136. The summed E-state index contributed by atoms with van der Waals surface area (Å²) in [5, 5.41) is 2.78. The number of nitrogens with zero attached hydrogens (tertiary/aromatic N) is 1. The zero-order valence-electron chi connectivity index (χ0n) is 14.7. The van der Waals surface area contributed by atoms with Crippen molar-refractivity contribution in [2.24, 2.45) is 0 Å². The van der Waals surface area contributed by atoms with E-state index in [1.165, 1.54) is 5.56 Å². The van der Waals surface area contributed by atoms with Gasteiger partial charge in [0.2, 0.25) is 5.91 Å². The first-order chi connectivity index (χ1) is 11.9. The summed E-state index contributed by atoms with van der Waals surface area (Å²) in [6, 6.07) is 13.4. The Morgan fingerprint density at radius 3 is 2.72 bits per heavy atom. The Morgan fingerprint density at radius 2 is 1.96 bits per heavy atom. The van der Waals surface area contributed by atoms with Crippen molar-refractivity contribution in [3.05, 3.63) is 59.2 Å². The normalized spacial score (nSPS) is 15.8. The van der Waals surface area contributed by atoms with Gasteiger partial charge in [0, 0.05) is 13.6 Å². The highest BCUT2D eigenvalue weighted by Crippen LogP contribution is 2.29. The van der Waals surface area contributed by atoms with Crippen LogP contribution in [0.1, 0.15) is 23.1 Å². The van der Waals surface area contributed by atoms with E-state index >= 15 is 0 Å². The second kappa shape index (κ2) is 6.97. The molecule has 5 nitrogen and oxygen atoms in total. The number of ether oxygens (including phenoxy) is 1. The number of carbonyl (C=O) groups excluding carboxylic acids is 2. The van der Waals surface area contributed by atoms with Gasteiger partial charge in [-0.25, -0.2) is 0 Å². The summed E-state index contributed by atoms with van der Waals surface area (Å²) >= 11 is 0. The Kier molecular flexibility index (Phi) is 4.74. The summed E-state index contributed by atoms with van der Waals surface area (Å²) < 4.78 is 5.70. The van der Waals surface area contributed by atoms with E-state index in [0.29, 0.717) is 18.0 Å². The Balaban J connectivity index is 1.64. The van der Waals surface area contributed by atoms with E-state index in [-0.39, 0.29) is 18.2 Å². The third-order valence-corrected chi connectivity index (χ3v) is 4.40. The van der Waals surface area contributed by atoms with E-state index in [1.54, 1.807) is 24.1 Å². The molecular formula is C20H22N2O3. The van der Waals surface area contributed by atoms with Crippen molar-refractivity contribution >= 4 is 17.5 Å².